The van der Waals surface area contributed by atoms with E-state index in [1.165, 1.54) is 11.4 Å². The lowest BCUT2D eigenvalue weighted by atomic mass is 10.1. The number of fused-ring (bicyclic) bond motifs is 2. The number of anilines is 2. The predicted molar refractivity (Wildman–Crippen MR) is 147 cm³/mol. The Labute approximate surface area is 209 Å². The van der Waals surface area contributed by atoms with Crippen LogP contribution in [0.25, 0.3) is 44.8 Å². The van der Waals surface area contributed by atoms with E-state index in [4.69, 9.17) is 9.97 Å². The summed E-state index contributed by atoms with van der Waals surface area (Å²) in [7, 11) is 0. The van der Waals surface area contributed by atoms with E-state index in [-0.39, 0.29) is 0 Å². The van der Waals surface area contributed by atoms with Gasteiger partial charge in [0.05, 0.1) is 22.1 Å². The monoisotopic (exact) mass is 470 g/mol. The number of aromatic amines is 2. The van der Waals surface area contributed by atoms with Crippen LogP contribution in [0.15, 0.2) is 97.1 Å². The molecule has 0 spiro atoms. The first-order valence-corrected chi connectivity index (χ1v) is 12.4. The molecule has 4 aromatic carbocycles. The SMILES string of the molecule is c1ccc2[nH]c(-c3ccc(N4CCN(c5ccc(-c6nc7ccccc7[nH]6)cc5)CC4)cc3)nc2c1. The summed E-state index contributed by atoms with van der Waals surface area (Å²) in [4.78, 5) is 21.2. The molecule has 0 bridgehead atoms. The van der Waals surface area contributed by atoms with E-state index in [0.717, 1.165) is 71.0 Å². The maximum atomic E-state index is 4.72. The van der Waals surface area contributed by atoms with Crippen molar-refractivity contribution in [1.29, 1.82) is 0 Å². The van der Waals surface area contributed by atoms with Crippen LogP contribution in [0.1, 0.15) is 0 Å². The van der Waals surface area contributed by atoms with Gasteiger partial charge in [-0.15, -0.1) is 0 Å². The molecule has 7 rings (SSSR count). The van der Waals surface area contributed by atoms with Crippen LogP contribution in [0.4, 0.5) is 11.4 Å². The van der Waals surface area contributed by atoms with Gasteiger partial charge in [0.15, 0.2) is 0 Å². The van der Waals surface area contributed by atoms with Gasteiger partial charge in [-0.05, 0) is 72.8 Å². The van der Waals surface area contributed by atoms with Crippen molar-refractivity contribution >= 4 is 33.4 Å². The van der Waals surface area contributed by atoms with Crippen LogP contribution in [-0.4, -0.2) is 46.1 Å². The fourth-order valence-corrected chi connectivity index (χ4v) is 5.06. The molecule has 3 heterocycles. The summed E-state index contributed by atoms with van der Waals surface area (Å²) in [6, 6.07) is 33.8. The largest absolute Gasteiger partial charge is 0.368 e. The lowest BCUT2D eigenvalue weighted by Gasteiger charge is -2.37. The summed E-state index contributed by atoms with van der Waals surface area (Å²) in [5.74, 6) is 1.83. The molecule has 36 heavy (non-hydrogen) atoms. The third-order valence-electron chi connectivity index (χ3n) is 7.07. The molecule has 1 aliphatic heterocycles. The number of nitrogens with one attached hydrogen (secondary N) is 2. The Morgan fingerprint density at radius 1 is 0.472 bits per heavy atom. The second kappa shape index (κ2) is 8.57. The standard InChI is InChI=1S/C30H26N6/c1-2-6-26-25(5-1)31-29(32-26)21-9-13-23(14-10-21)35-17-19-36(20-18-35)24-15-11-22(12-16-24)30-33-27-7-3-4-8-28(27)34-30/h1-16H,17-20H2,(H,31,32)(H,33,34). The Morgan fingerprint density at radius 2 is 0.861 bits per heavy atom. The van der Waals surface area contributed by atoms with Gasteiger partial charge in [-0.2, -0.15) is 0 Å². The highest BCUT2D eigenvalue weighted by atomic mass is 15.3. The van der Waals surface area contributed by atoms with E-state index >= 15 is 0 Å². The fraction of sp³-hybridized carbons (Fsp3) is 0.133. The zero-order chi connectivity index (χ0) is 23.9. The van der Waals surface area contributed by atoms with Crippen LogP contribution in [0.2, 0.25) is 0 Å². The Kier molecular flexibility index (Phi) is 4.94. The first-order valence-electron chi connectivity index (χ1n) is 12.4. The number of hydrogen-bond acceptors (Lipinski definition) is 4. The van der Waals surface area contributed by atoms with Crippen molar-refractivity contribution in [2.45, 2.75) is 0 Å². The Bertz CT molecular complexity index is 1450. The van der Waals surface area contributed by atoms with Crippen LogP contribution in [0, 0.1) is 0 Å². The van der Waals surface area contributed by atoms with E-state index in [1.807, 2.05) is 36.4 Å². The van der Waals surface area contributed by atoms with Crippen molar-refractivity contribution in [1.82, 2.24) is 19.9 Å². The minimum absolute atomic E-state index is 0.915. The number of hydrogen-bond donors (Lipinski definition) is 2. The molecule has 6 aromatic rings. The molecular formula is C30H26N6. The number of nitrogens with zero attached hydrogens (tertiary/aromatic N) is 4. The Hall–Kier alpha value is -4.58. The second-order valence-electron chi connectivity index (χ2n) is 9.27. The molecule has 1 saturated heterocycles. The molecule has 6 heteroatoms. The van der Waals surface area contributed by atoms with Gasteiger partial charge >= 0.3 is 0 Å². The van der Waals surface area contributed by atoms with Crippen molar-refractivity contribution < 1.29 is 0 Å². The molecule has 6 nitrogen and oxygen atoms in total. The second-order valence-corrected chi connectivity index (χ2v) is 9.27. The quantitative estimate of drug-likeness (QED) is 0.327. The Morgan fingerprint density at radius 3 is 1.25 bits per heavy atom. The zero-order valence-electron chi connectivity index (χ0n) is 19.9. The molecule has 0 aliphatic carbocycles. The van der Waals surface area contributed by atoms with Gasteiger partial charge in [-0.1, -0.05) is 24.3 Å². The average Bonchev–Trinajstić information content (AvgIpc) is 3.58. The molecule has 0 unspecified atom stereocenters. The lowest BCUT2D eigenvalue weighted by Crippen LogP contribution is -2.46. The normalized spacial score (nSPS) is 14.1. The van der Waals surface area contributed by atoms with Crippen LogP contribution < -0.4 is 9.80 Å². The molecule has 0 saturated carbocycles. The topological polar surface area (TPSA) is 63.8 Å². The molecule has 2 N–H and O–H groups in total. The highest BCUT2D eigenvalue weighted by molar-refractivity contribution is 5.80. The molecule has 0 radical (unpaired) electrons. The summed E-state index contributed by atoms with van der Waals surface area (Å²) in [6.45, 7) is 3.98. The first-order chi connectivity index (χ1) is 17.8. The van der Waals surface area contributed by atoms with Gasteiger partial charge in [0.1, 0.15) is 11.6 Å². The van der Waals surface area contributed by atoms with E-state index in [0.29, 0.717) is 0 Å². The lowest BCUT2D eigenvalue weighted by molar-refractivity contribution is 0.653. The van der Waals surface area contributed by atoms with Crippen molar-refractivity contribution in [2.24, 2.45) is 0 Å². The van der Waals surface area contributed by atoms with Crippen molar-refractivity contribution in [2.75, 3.05) is 36.0 Å². The van der Waals surface area contributed by atoms with Crippen LogP contribution in [0.5, 0.6) is 0 Å². The number of aromatic nitrogens is 4. The van der Waals surface area contributed by atoms with E-state index < -0.39 is 0 Å². The van der Waals surface area contributed by atoms with Crippen LogP contribution >= 0.6 is 0 Å². The van der Waals surface area contributed by atoms with Gasteiger partial charge in [-0.3, -0.25) is 0 Å². The molecule has 1 aliphatic rings. The van der Waals surface area contributed by atoms with Crippen LogP contribution in [-0.2, 0) is 0 Å². The number of imidazole rings is 2. The van der Waals surface area contributed by atoms with Crippen molar-refractivity contribution in [3.8, 4) is 22.8 Å². The summed E-state index contributed by atoms with van der Waals surface area (Å²) in [6.07, 6.45) is 0. The zero-order valence-corrected chi connectivity index (χ0v) is 19.9. The Balaban J connectivity index is 1.01. The average molecular weight is 471 g/mol. The summed E-state index contributed by atoms with van der Waals surface area (Å²) < 4.78 is 0. The van der Waals surface area contributed by atoms with Gasteiger partial charge < -0.3 is 19.8 Å². The molecular weight excluding hydrogens is 444 g/mol. The van der Waals surface area contributed by atoms with Gasteiger partial charge in [-0.25, -0.2) is 9.97 Å². The number of rotatable bonds is 4. The minimum atomic E-state index is 0.915. The summed E-state index contributed by atoms with van der Waals surface area (Å²) in [5, 5.41) is 0. The molecule has 1 fully saturated rings. The molecule has 176 valence electrons. The fourth-order valence-electron chi connectivity index (χ4n) is 5.06. The van der Waals surface area contributed by atoms with E-state index in [9.17, 15) is 0 Å². The van der Waals surface area contributed by atoms with Crippen molar-refractivity contribution in [3.05, 3.63) is 97.1 Å². The van der Waals surface area contributed by atoms with Gasteiger partial charge in [0, 0.05) is 48.7 Å². The summed E-state index contributed by atoms with van der Waals surface area (Å²) in [5.41, 5.74) is 8.87. The first kappa shape index (κ1) is 20.8. The number of benzene rings is 4. The minimum Gasteiger partial charge on any atom is -0.368 e. The smallest absolute Gasteiger partial charge is 0.138 e. The summed E-state index contributed by atoms with van der Waals surface area (Å²) >= 11 is 0. The van der Waals surface area contributed by atoms with Crippen LogP contribution in [0.3, 0.4) is 0 Å². The maximum absolute atomic E-state index is 4.72. The van der Waals surface area contributed by atoms with E-state index in [1.54, 1.807) is 0 Å². The number of para-hydroxylation sites is 4. The van der Waals surface area contributed by atoms with Gasteiger partial charge in [0.2, 0.25) is 0 Å². The molecule has 0 amide bonds. The third-order valence-corrected chi connectivity index (χ3v) is 7.07. The third kappa shape index (κ3) is 3.77. The highest BCUT2D eigenvalue weighted by Gasteiger charge is 2.18. The van der Waals surface area contributed by atoms with Crippen molar-refractivity contribution in [3.63, 3.8) is 0 Å². The molecule has 0 atom stereocenters. The number of H-pyrrole nitrogens is 2. The number of piperazine rings is 1. The maximum Gasteiger partial charge on any atom is 0.138 e. The van der Waals surface area contributed by atoms with Gasteiger partial charge in [0.25, 0.3) is 0 Å². The molecule has 2 aromatic heterocycles. The van der Waals surface area contributed by atoms with E-state index in [2.05, 4.69) is 80.4 Å². The predicted octanol–water partition coefficient (Wildman–Crippen LogP) is 6.10. The highest BCUT2D eigenvalue weighted by Crippen LogP contribution is 2.27.